The zero-order valence-electron chi connectivity index (χ0n) is 13.9. The number of amides is 1. The van der Waals surface area contributed by atoms with Crippen LogP contribution in [0.1, 0.15) is 21.7 Å². The van der Waals surface area contributed by atoms with Crippen LogP contribution in [0.15, 0.2) is 44.6 Å². The van der Waals surface area contributed by atoms with Crippen molar-refractivity contribution in [3.8, 4) is 11.3 Å². The molecule has 1 aliphatic heterocycles. The highest BCUT2D eigenvalue weighted by Crippen LogP contribution is 2.33. The Morgan fingerprint density at radius 1 is 1.32 bits per heavy atom. The molecular weight excluding hydrogens is 340 g/mol. The highest BCUT2D eigenvalue weighted by molar-refractivity contribution is 8.18. The van der Waals surface area contributed by atoms with Gasteiger partial charge < -0.3 is 9.52 Å². The summed E-state index contributed by atoms with van der Waals surface area (Å²) in [5.74, 6) is -0.0394. The average molecular weight is 356 g/mol. The van der Waals surface area contributed by atoms with E-state index < -0.39 is 5.97 Å². The van der Waals surface area contributed by atoms with Crippen LogP contribution in [0.5, 0.6) is 0 Å². The number of aryl methyl sites for hydroxylation is 1. The van der Waals surface area contributed by atoms with Crippen LogP contribution >= 0.6 is 11.8 Å². The molecular formula is C18H16N2O4S. The molecule has 0 radical (unpaired) electrons. The number of carbonyl (C=O) groups is 2. The second kappa shape index (κ2) is 6.60. The van der Waals surface area contributed by atoms with Gasteiger partial charge in [0.25, 0.3) is 5.91 Å². The van der Waals surface area contributed by atoms with E-state index in [-0.39, 0.29) is 11.5 Å². The number of rotatable bonds is 3. The van der Waals surface area contributed by atoms with Crippen LogP contribution in [-0.4, -0.2) is 41.1 Å². The summed E-state index contributed by atoms with van der Waals surface area (Å²) in [7, 11) is 3.31. The lowest BCUT2D eigenvalue weighted by Crippen LogP contribution is -2.23. The Morgan fingerprint density at radius 2 is 2.08 bits per heavy atom. The third-order valence-corrected chi connectivity index (χ3v) is 5.00. The fourth-order valence-electron chi connectivity index (χ4n) is 2.47. The summed E-state index contributed by atoms with van der Waals surface area (Å²) >= 11 is 1.29. The minimum atomic E-state index is -0.988. The number of amidine groups is 1. The number of carboxylic acid groups (broad SMARTS) is 1. The molecule has 1 amide bonds. The molecule has 1 aromatic heterocycles. The van der Waals surface area contributed by atoms with Crippen molar-refractivity contribution in [2.24, 2.45) is 4.99 Å². The van der Waals surface area contributed by atoms with Gasteiger partial charge in [-0.1, -0.05) is 6.07 Å². The van der Waals surface area contributed by atoms with Crippen LogP contribution in [0, 0.1) is 6.92 Å². The minimum absolute atomic E-state index is 0.132. The molecule has 0 saturated carbocycles. The zero-order valence-corrected chi connectivity index (χ0v) is 14.8. The number of nitrogens with zero attached hydrogens (tertiary/aromatic N) is 2. The number of thioether (sulfide) groups is 1. The Kier molecular flexibility index (Phi) is 4.50. The Morgan fingerprint density at radius 3 is 2.72 bits per heavy atom. The maximum Gasteiger partial charge on any atom is 0.335 e. The Bertz CT molecular complexity index is 927. The van der Waals surface area contributed by atoms with E-state index in [2.05, 4.69) is 4.99 Å². The molecule has 1 aromatic carbocycles. The minimum Gasteiger partial charge on any atom is -0.478 e. The first-order valence-corrected chi connectivity index (χ1v) is 8.31. The molecule has 0 unspecified atom stereocenters. The number of hydrogen-bond donors (Lipinski definition) is 1. The van der Waals surface area contributed by atoms with Crippen LogP contribution in [0.4, 0.5) is 0 Å². The highest BCUT2D eigenvalue weighted by Gasteiger charge is 2.30. The standard InChI is InChI=1S/C18H16N2O4S/c1-10-4-5-11(17(22)23)8-13(10)14-7-6-12(24-14)9-15-16(21)20(3)18(19-2)25-15/h4-9H,1-3H3,(H,22,23)/b15-9+,19-18?. The van der Waals surface area contributed by atoms with Crippen LogP contribution in [-0.2, 0) is 4.79 Å². The summed E-state index contributed by atoms with van der Waals surface area (Å²) < 4.78 is 5.81. The van der Waals surface area contributed by atoms with Crippen molar-refractivity contribution < 1.29 is 19.1 Å². The summed E-state index contributed by atoms with van der Waals surface area (Å²) in [6.07, 6.45) is 1.67. The molecule has 0 aliphatic carbocycles. The van der Waals surface area contributed by atoms with Crippen molar-refractivity contribution in [3.63, 3.8) is 0 Å². The van der Waals surface area contributed by atoms with Gasteiger partial charge in [0.05, 0.1) is 10.5 Å². The van der Waals surface area contributed by atoms with Crippen LogP contribution in [0.3, 0.4) is 0 Å². The Hall–Kier alpha value is -2.80. The number of carboxylic acids is 1. The van der Waals surface area contributed by atoms with Gasteiger partial charge in [-0.15, -0.1) is 0 Å². The fraction of sp³-hybridized carbons (Fsp3) is 0.167. The van der Waals surface area contributed by atoms with Crippen molar-refractivity contribution in [3.05, 3.63) is 52.1 Å². The predicted molar refractivity (Wildman–Crippen MR) is 97.5 cm³/mol. The third-order valence-electron chi connectivity index (χ3n) is 3.84. The van der Waals surface area contributed by atoms with E-state index >= 15 is 0 Å². The van der Waals surface area contributed by atoms with Crippen LogP contribution in [0.25, 0.3) is 17.4 Å². The van der Waals surface area contributed by atoms with Crippen LogP contribution < -0.4 is 0 Å². The number of furan rings is 1. The number of carbonyl (C=O) groups excluding carboxylic acids is 1. The van der Waals surface area contributed by atoms with Gasteiger partial charge in [-0.05, 0) is 48.5 Å². The van der Waals surface area contributed by atoms with Gasteiger partial charge in [-0.2, -0.15) is 0 Å². The second-order valence-electron chi connectivity index (χ2n) is 5.52. The molecule has 7 heteroatoms. The van der Waals surface area contributed by atoms with Gasteiger partial charge in [-0.3, -0.25) is 14.7 Å². The van der Waals surface area contributed by atoms with E-state index in [0.717, 1.165) is 5.56 Å². The molecule has 128 valence electrons. The molecule has 0 atom stereocenters. The summed E-state index contributed by atoms with van der Waals surface area (Å²) in [4.78, 5) is 29.4. The first-order chi connectivity index (χ1) is 11.9. The smallest absolute Gasteiger partial charge is 0.335 e. The van der Waals surface area contributed by atoms with E-state index in [1.54, 1.807) is 50.5 Å². The SMILES string of the molecule is CN=C1S/C(=C/c2ccc(-c3cc(C(=O)O)ccc3C)o2)C(=O)N1C. The van der Waals surface area contributed by atoms with Gasteiger partial charge in [-0.25, -0.2) is 4.79 Å². The van der Waals surface area contributed by atoms with Gasteiger partial charge in [0, 0.05) is 25.7 Å². The quantitative estimate of drug-likeness (QED) is 0.851. The van der Waals surface area contributed by atoms with Gasteiger partial charge in [0.1, 0.15) is 11.5 Å². The zero-order chi connectivity index (χ0) is 18.1. The number of hydrogen-bond acceptors (Lipinski definition) is 5. The van der Waals surface area contributed by atoms with E-state index in [1.807, 2.05) is 6.92 Å². The van der Waals surface area contributed by atoms with Crippen molar-refractivity contribution >= 4 is 34.9 Å². The molecule has 1 saturated heterocycles. The van der Waals surface area contributed by atoms with Crippen molar-refractivity contribution in [2.75, 3.05) is 14.1 Å². The summed E-state index contributed by atoms with van der Waals surface area (Å²) in [5.41, 5.74) is 1.82. The monoisotopic (exact) mass is 356 g/mol. The predicted octanol–water partition coefficient (Wildman–Crippen LogP) is 3.49. The largest absolute Gasteiger partial charge is 0.478 e. The normalized spacial score (nSPS) is 17.7. The number of aromatic carboxylic acids is 1. The molecule has 3 rings (SSSR count). The Balaban J connectivity index is 1.94. The molecule has 0 spiro atoms. The fourth-order valence-corrected chi connectivity index (χ4v) is 3.38. The molecule has 25 heavy (non-hydrogen) atoms. The topological polar surface area (TPSA) is 83.1 Å². The van der Waals surface area contributed by atoms with E-state index in [1.165, 1.54) is 16.7 Å². The first-order valence-electron chi connectivity index (χ1n) is 7.49. The first kappa shape index (κ1) is 17.0. The molecule has 1 N–H and O–H groups in total. The maximum absolute atomic E-state index is 12.2. The van der Waals surface area contributed by atoms with Crippen molar-refractivity contribution in [1.29, 1.82) is 0 Å². The van der Waals surface area contributed by atoms with Gasteiger partial charge in [0.2, 0.25) is 0 Å². The summed E-state index contributed by atoms with van der Waals surface area (Å²) in [5, 5.41) is 9.78. The number of benzene rings is 1. The maximum atomic E-state index is 12.2. The van der Waals surface area contributed by atoms with E-state index in [4.69, 9.17) is 9.52 Å². The van der Waals surface area contributed by atoms with E-state index in [9.17, 15) is 9.59 Å². The molecule has 0 bridgehead atoms. The molecule has 6 nitrogen and oxygen atoms in total. The summed E-state index contributed by atoms with van der Waals surface area (Å²) in [6.45, 7) is 1.89. The molecule has 1 aliphatic rings. The van der Waals surface area contributed by atoms with Gasteiger partial charge >= 0.3 is 5.97 Å². The van der Waals surface area contributed by atoms with Crippen LogP contribution in [0.2, 0.25) is 0 Å². The lowest BCUT2D eigenvalue weighted by atomic mass is 10.0. The molecule has 1 fully saturated rings. The number of aliphatic imine (C=N–C) groups is 1. The molecule has 2 aromatic rings. The average Bonchev–Trinajstić information content (AvgIpc) is 3.15. The van der Waals surface area contributed by atoms with Gasteiger partial charge in [0.15, 0.2) is 5.17 Å². The van der Waals surface area contributed by atoms with Crippen molar-refractivity contribution in [1.82, 2.24) is 4.90 Å². The molecule has 2 heterocycles. The second-order valence-corrected chi connectivity index (χ2v) is 6.53. The number of likely N-dealkylation sites (N-methyl/N-ethyl adjacent to an activating group) is 1. The van der Waals surface area contributed by atoms with Crippen molar-refractivity contribution in [2.45, 2.75) is 6.92 Å². The third kappa shape index (κ3) is 3.23. The Labute approximate surface area is 148 Å². The highest BCUT2D eigenvalue weighted by atomic mass is 32.2. The van der Waals surface area contributed by atoms with E-state index in [0.29, 0.717) is 27.2 Å². The lowest BCUT2D eigenvalue weighted by molar-refractivity contribution is -0.121. The lowest BCUT2D eigenvalue weighted by Gasteiger charge is -2.05. The summed E-state index contributed by atoms with van der Waals surface area (Å²) in [6, 6.07) is 8.41.